The van der Waals surface area contributed by atoms with Gasteiger partial charge < -0.3 is 0 Å². The SMILES string of the molecule is Brc1ccsc1.C#N. The van der Waals surface area contributed by atoms with Crippen LogP contribution < -0.4 is 0 Å². The van der Waals surface area contributed by atoms with Gasteiger partial charge in [-0.05, 0) is 27.4 Å². The summed E-state index contributed by atoms with van der Waals surface area (Å²) in [6, 6.07) is 2.02. The minimum Gasteiger partial charge on any atom is -0.202 e. The zero-order valence-corrected chi connectivity index (χ0v) is 6.45. The Hall–Kier alpha value is -0.330. The van der Waals surface area contributed by atoms with E-state index in [2.05, 4.69) is 22.5 Å². The summed E-state index contributed by atoms with van der Waals surface area (Å²) >= 11 is 4.98. The third-order valence-corrected chi connectivity index (χ3v) is 1.97. The van der Waals surface area contributed by atoms with Gasteiger partial charge in [0.2, 0.25) is 0 Å². The van der Waals surface area contributed by atoms with Crippen molar-refractivity contribution in [2.45, 2.75) is 0 Å². The Morgan fingerprint density at radius 1 is 1.62 bits per heavy atom. The molecule has 0 spiro atoms. The summed E-state index contributed by atoms with van der Waals surface area (Å²) in [6.45, 7) is 3.50. The predicted molar refractivity (Wildman–Crippen MR) is 38.7 cm³/mol. The van der Waals surface area contributed by atoms with E-state index in [1.165, 1.54) is 4.47 Å². The van der Waals surface area contributed by atoms with Crippen molar-refractivity contribution in [2.24, 2.45) is 0 Å². The summed E-state index contributed by atoms with van der Waals surface area (Å²) in [5, 5.41) is 10.6. The van der Waals surface area contributed by atoms with E-state index < -0.39 is 0 Å². The van der Waals surface area contributed by atoms with Gasteiger partial charge in [-0.15, -0.1) is 0 Å². The van der Waals surface area contributed by atoms with Crippen LogP contribution in [0.1, 0.15) is 0 Å². The fourth-order valence-corrected chi connectivity index (χ4v) is 1.39. The molecule has 0 aromatic carbocycles. The van der Waals surface area contributed by atoms with Gasteiger partial charge in [0.25, 0.3) is 0 Å². The Balaban J connectivity index is 0.000000222. The maximum absolute atomic E-state index is 6.50. The van der Waals surface area contributed by atoms with E-state index in [4.69, 9.17) is 5.26 Å². The van der Waals surface area contributed by atoms with Gasteiger partial charge >= 0.3 is 0 Å². The molecule has 42 valence electrons. The Bertz CT molecular complexity index is 145. The molecule has 0 N–H and O–H groups in total. The topological polar surface area (TPSA) is 23.8 Å². The van der Waals surface area contributed by atoms with Gasteiger partial charge in [-0.2, -0.15) is 11.3 Å². The van der Waals surface area contributed by atoms with E-state index in [0.717, 1.165) is 0 Å². The number of hydrogen-bond acceptors (Lipinski definition) is 2. The molecule has 0 unspecified atom stereocenters. The highest BCUT2D eigenvalue weighted by molar-refractivity contribution is 9.10. The summed E-state index contributed by atoms with van der Waals surface area (Å²) < 4.78 is 1.17. The van der Waals surface area contributed by atoms with Gasteiger partial charge in [-0.3, -0.25) is 0 Å². The number of nitrogens with zero attached hydrogens (tertiary/aromatic N) is 1. The van der Waals surface area contributed by atoms with E-state index in [0.29, 0.717) is 0 Å². The van der Waals surface area contributed by atoms with Crippen molar-refractivity contribution in [3.05, 3.63) is 21.3 Å². The molecule has 1 aromatic rings. The molecule has 0 atom stereocenters. The summed E-state index contributed by atoms with van der Waals surface area (Å²) in [6.07, 6.45) is 0. The van der Waals surface area contributed by atoms with Crippen LogP contribution in [0.25, 0.3) is 0 Å². The average molecular weight is 190 g/mol. The molecule has 0 aliphatic carbocycles. The quantitative estimate of drug-likeness (QED) is 0.616. The fourth-order valence-electron chi connectivity index (χ4n) is 0.248. The summed E-state index contributed by atoms with van der Waals surface area (Å²) in [7, 11) is 0. The highest BCUT2D eigenvalue weighted by Crippen LogP contribution is 2.11. The first kappa shape index (κ1) is 7.67. The van der Waals surface area contributed by atoms with Crippen LogP contribution in [0.5, 0.6) is 0 Å². The van der Waals surface area contributed by atoms with Crippen LogP contribution >= 0.6 is 27.3 Å². The van der Waals surface area contributed by atoms with Gasteiger partial charge in [0, 0.05) is 16.4 Å². The Morgan fingerprint density at radius 3 is 2.38 bits per heavy atom. The van der Waals surface area contributed by atoms with E-state index >= 15 is 0 Å². The maximum atomic E-state index is 6.50. The Kier molecular flexibility index (Phi) is 4.62. The summed E-state index contributed by atoms with van der Waals surface area (Å²) in [5.41, 5.74) is 0. The molecule has 0 saturated heterocycles. The maximum Gasteiger partial charge on any atom is 0.0462 e. The van der Waals surface area contributed by atoms with E-state index in [1.54, 1.807) is 11.3 Å². The Labute approximate surface area is 60.7 Å². The zero-order valence-electron chi connectivity index (χ0n) is 4.04. The first-order valence-corrected chi connectivity index (χ1v) is 3.57. The van der Waals surface area contributed by atoms with Crippen LogP contribution in [-0.2, 0) is 0 Å². The number of rotatable bonds is 0. The van der Waals surface area contributed by atoms with Gasteiger partial charge in [0.05, 0.1) is 0 Å². The molecule has 3 heteroatoms. The molecular weight excluding hydrogens is 186 g/mol. The number of nitriles is 1. The van der Waals surface area contributed by atoms with Crippen LogP contribution in [0.3, 0.4) is 0 Å². The van der Waals surface area contributed by atoms with Gasteiger partial charge in [0.15, 0.2) is 0 Å². The van der Waals surface area contributed by atoms with Gasteiger partial charge in [-0.1, -0.05) is 0 Å². The molecule has 1 rings (SSSR count). The lowest BCUT2D eigenvalue weighted by molar-refractivity contribution is 1.58. The van der Waals surface area contributed by atoms with E-state index in [-0.39, 0.29) is 0 Å². The number of halogens is 1. The van der Waals surface area contributed by atoms with Crippen molar-refractivity contribution >= 4 is 27.3 Å². The minimum atomic E-state index is 1.17. The lowest BCUT2D eigenvalue weighted by Gasteiger charge is -1.62. The average Bonchev–Trinajstić information content (AvgIpc) is 2.24. The minimum absolute atomic E-state index is 1.17. The first-order chi connectivity index (χ1) is 3.89. The standard InChI is InChI=1S/C4H3BrS.CHN/c5-4-1-2-6-3-4;1-2/h1-3H;1H. The molecular formula is C5H4BrNS. The van der Waals surface area contributed by atoms with Crippen LogP contribution in [0.4, 0.5) is 0 Å². The van der Waals surface area contributed by atoms with Crippen LogP contribution in [-0.4, -0.2) is 0 Å². The fraction of sp³-hybridized carbons (Fsp3) is 0. The molecule has 0 radical (unpaired) electrons. The summed E-state index contributed by atoms with van der Waals surface area (Å²) in [4.78, 5) is 0. The van der Waals surface area contributed by atoms with Crippen LogP contribution in [0.15, 0.2) is 21.3 Å². The molecule has 0 amide bonds. The predicted octanol–water partition coefficient (Wildman–Crippen LogP) is 2.65. The highest BCUT2D eigenvalue weighted by Gasteiger charge is 1.77. The lowest BCUT2D eigenvalue weighted by atomic mass is 10.7. The number of hydrogen-bond donors (Lipinski definition) is 0. The molecule has 0 saturated carbocycles. The molecule has 1 aromatic heterocycles. The third kappa shape index (κ3) is 2.78. The molecule has 1 nitrogen and oxygen atoms in total. The van der Waals surface area contributed by atoms with E-state index in [9.17, 15) is 0 Å². The largest absolute Gasteiger partial charge is 0.202 e. The van der Waals surface area contributed by atoms with Crippen molar-refractivity contribution in [3.63, 3.8) is 0 Å². The molecule has 8 heavy (non-hydrogen) atoms. The van der Waals surface area contributed by atoms with Gasteiger partial charge in [-0.25, -0.2) is 5.26 Å². The van der Waals surface area contributed by atoms with Gasteiger partial charge in [0.1, 0.15) is 0 Å². The second-order valence-electron chi connectivity index (χ2n) is 0.942. The van der Waals surface area contributed by atoms with Crippen molar-refractivity contribution < 1.29 is 0 Å². The van der Waals surface area contributed by atoms with Crippen molar-refractivity contribution in [3.8, 4) is 6.57 Å². The second kappa shape index (κ2) is 4.82. The molecule has 0 aliphatic rings. The van der Waals surface area contributed by atoms with Crippen molar-refractivity contribution in [1.82, 2.24) is 0 Å². The van der Waals surface area contributed by atoms with Crippen molar-refractivity contribution in [2.75, 3.05) is 0 Å². The molecule has 0 aliphatic heterocycles. The lowest BCUT2D eigenvalue weighted by Crippen LogP contribution is -1.34. The summed E-state index contributed by atoms with van der Waals surface area (Å²) in [5.74, 6) is 0. The zero-order chi connectivity index (χ0) is 6.41. The molecule has 1 heterocycles. The third-order valence-electron chi connectivity index (χ3n) is 0.486. The van der Waals surface area contributed by atoms with Crippen molar-refractivity contribution in [1.29, 1.82) is 5.26 Å². The van der Waals surface area contributed by atoms with E-state index in [1.807, 2.05) is 16.8 Å². The molecule has 0 fully saturated rings. The number of thiophene rings is 1. The Morgan fingerprint density at radius 2 is 2.25 bits per heavy atom. The van der Waals surface area contributed by atoms with Crippen LogP contribution in [0.2, 0.25) is 0 Å². The molecule has 0 bridgehead atoms. The first-order valence-electron chi connectivity index (χ1n) is 1.83. The normalized spacial score (nSPS) is 6.88. The second-order valence-corrected chi connectivity index (χ2v) is 2.64. The van der Waals surface area contributed by atoms with Crippen LogP contribution in [0, 0.1) is 11.8 Å². The highest BCUT2D eigenvalue weighted by atomic mass is 79.9. The monoisotopic (exact) mass is 189 g/mol. The smallest absolute Gasteiger partial charge is 0.0462 e.